The molecule has 0 saturated carbocycles. The number of nitrogens with zero attached hydrogens (tertiary/aromatic N) is 4. The van der Waals surface area contributed by atoms with Crippen LogP contribution in [0.3, 0.4) is 0 Å². The first-order valence-electron chi connectivity index (χ1n) is 9.70. The maximum atomic E-state index is 13.4. The summed E-state index contributed by atoms with van der Waals surface area (Å²) in [7, 11) is 0. The van der Waals surface area contributed by atoms with Gasteiger partial charge in [0.15, 0.2) is 0 Å². The van der Waals surface area contributed by atoms with Crippen molar-refractivity contribution in [2.45, 2.75) is 6.92 Å². The fourth-order valence-corrected chi connectivity index (χ4v) is 4.06. The molecule has 2 aromatic carbocycles. The zero-order chi connectivity index (χ0) is 22.1. The van der Waals surface area contributed by atoms with Gasteiger partial charge in [-0.2, -0.15) is 5.10 Å². The van der Waals surface area contributed by atoms with Gasteiger partial charge < -0.3 is 9.80 Å². The molecule has 6 nitrogen and oxygen atoms in total. The van der Waals surface area contributed by atoms with Gasteiger partial charge in [0.2, 0.25) is 5.91 Å². The molecule has 31 heavy (non-hydrogen) atoms. The number of hydrogen-bond acceptors (Lipinski definition) is 3. The molecule has 1 aliphatic rings. The van der Waals surface area contributed by atoms with Gasteiger partial charge in [-0.05, 0) is 30.3 Å². The molecule has 2 heterocycles. The molecule has 0 spiro atoms. The number of amides is 2. The summed E-state index contributed by atoms with van der Waals surface area (Å²) in [6.07, 6.45) is 0. The molecular weight excluding hydrogens is 459 g/mol. The van der Waals surface area contributed by atoms with Crippen LogP contribution in [-0.4, -0.2) is 57.6 Å². The van der Waals surface area contributed by atoms with Gasteiger partial charge in [0.05, 0.1) is 26.4 Å². The lowest BCUT2D eigenvalue weighted by Gasteiger charge is -2.34. The van der Waals surface area contributed by atoms with Crippen LogP contribution in [0, 0.1) is 0 Å². The van der Waals surface area contributed by atoms with Crippen LogP contribution in [0.2, 0.25) is 15.1 Å². The molecule has 1 aliphatic heterocycles. The molecule has 1 aromatic heterocycles. The second-order valence-corrected chi connectivity index (χ2v) is 8.42. The first-order valence-corrected chi connectivity index (χ1v) is 10.8. The van der Waals surface area contributed by atoms with Gasteiger partial charge >= 0.3 is 0 Å². The third-order valence-electron chi connectivity index (χ3n) is 5.24. The number of piperazine rings is 1. The smallest absolute Gasteiger partial charge is 0.272 e. The lowest BCUT2D eigenvalue weighted by molar-refractivity contribution is -0.130. The highest BCUT2D eigenvalue weighted by molar-refractivity contribution is 6.42. The van der Waals surface area contributed by atoms with E-state index in [4.69, 9.17) is 34.8 Å². The third kappa shape index (κ3) is 4.42. The van der Waals surface area contributed by atoms with E-state index in [-0.39, 0.29) is 11.8 Å². The molecule has 1 fully saturated rings. The maximum absolute atomic E-state index is 13.4. The van der Waals surface area contributed by atoms with E-state index in [9.17, 15) is 9.59 Å². The first kappa shape index (κ1) is 21.7. The lowest BCUT2D eigenvalue weighted by atomic mass is 10.1. The zero-order valence-corrected chi connectivity index (χ0v) is 19.0. The van der Waals surface area contributed by atoms with Gasteiger partial charge in [0.25, 0.3) is 5.91 Å². The normalized spacial score (nSPS) is 14.1. The quantitative estimate of drug-likeness (QED) is 0.544. The number of halogens is 3. The zero-order valence-electron chi connectivity index (χ0n) is 16.7. The average molecular weight is 478 g/mol. The van der Waals surface area contributed by atoms with Crippen molar-refractivity contribution >= 4 is 46.6 Å². The van der Waals surface area contributed by atoms with Crippen molar-refractivity contribution in [1.29, 1.82) is 0 Å². The molecule has 0 bridgehead atoms. The molecule has 2 amide bonds. The Morgan fingerprint density at radius 3 is 2.16 bits per heavy atom. The minimum Gasteiger partial charge on any atom is -0.339 e. The van der Waals surface area contributed by atoms with Crippen LogP contribution >= 0.6 is 34.8 Å². The monoisotopic (exact) mass is 476 g/mol. The largest absolute Gasteiger partial charge is 0.339 e. The van der Waals surface area contributed by atoms with Crippen LogP contribution in [0.4, 0.5) is 0 Å². The fourth-order valence-electron chi connectivity index (χ4n) is 3.53. The number of rotatable bonds is 3. The molecule has 3 aromatic rings. The van der Waals surface area contributed by atoms with E-state index in [1.807, 2.05) is 18.2 Å². The highest BCUT2D eigenvalue weighted by Crippen LogP contribution is 2.30. The van der Waals surface area contributed by atoms with Gasteiger partial charge in [0.1, 0.15) is 5.69 Å². The predicted octanol–water partition coefficient (Wildman–Crippen LogP) is 4.80. The molecule has 0 N–H and O–H groups in total. The van der Waals surface area contributed by atoms with Crippen LogP contribution in [0.15, 0.2) is 48.5 Å². The standard InChI is InChI=1S/C22H19Cl3N4O2/c1-14(30)27-8-10-28(11-9-27)22(31)21-13-20(16-4-2-3-5-17(16)23)26-29(21)15-6-7-18(24)19(25)12-15/h2-7,12-13H,8-11H2,1H3. The minimum absolute atomic E-state index is 0.00829. The molecule has 1 saturated heterocycles. The van der Waals surface area contributed by atoms with Gasteiger partial charge in [-0.1, -0.05) is 53.0 Å². The van der Waals surface area contributed by atoms with Crippen LogP contribution in [0.25, 0.3) is 16.9 Å². The van der Waals surface area contributed by atoms with Gasteiger partial charge in [-0.25, -0.2) is 4.68 Å². The van der Waals surface area contributed by atoms with E-state index in [0.717, 1.165) is 5.56 Å². The Kier molecular flexibility index (Phi) is 6.23. The molecular formula is C22H19Cl3N4O2. The molecule has 4 rings (SSSR count). The number of hydrogen-bond donors (Lipinski definition) is 0. The number of benzene rings is 2. The van der Waals surface area contributed by atoms with Gasteiger partial charge in [-0.15, -0.1) is 0 Å². The fraction of sp³-hybridized carbons (Fsp3) is 0.227. The summed E-state index contributed by atoms with van der Waals surface area (Å²) in [5.74, 6) is -0.172. The van der Waals surface area contributed by atoms with E-state index in [2.05, 4.69) is 5.10 Å². The Balaban J connectivity index is 1.75. The van der Waals surface area contributed by atoms with E-state index in [0.29, 0.717) is 58.3 Å². The SMILES string of the molecule is CC(=O)N1CCN(C(=O)c2cc(-c3ccccc3Cl)nn2-c2ccc(Cl)c(Cl)c2)CC1. The second kappa shape index (κ2) is 8.91. The molecule has 160 valence electrons. The van der Waals surface area contributed by atoms with Crippen LogP contribution in [0.1, 0.15) is 17.4 Å². The van der Waals surface area contributed by atoms with Crippen LogP contribution in [-0.2, 0) is 4.79 Å². The summed E-state index contributed by atoms with van der Waals surface area (Å²) in [6, 6.07) is 14.1. The van der Waals surface area contributed by atoms with E-state index in [1.54, 1.807) is 44.8 Å². The van der Waals surface area contributed by atoms with Crippen molar-refractivity contribution in [2.75, 3.05) is 26.2 Å². The van der Waals surface area contributed by atoms with E-state index >= 15 is 0 Å². The summed E-state index contributed by atoms with van der Waals surface area (Å²) in [4.78, 5) is 28.5. The highest BCUT2D eigenvalue weighted by Gasteiger charge is 2.27. The Bertz CT molecular complexity index is 1150. The summed E-state index contributed by atoms with van der Waals surface area (Å²) in [5.41, 5.74) is 2.28. The van der Waals surface area contributed by atoms with Crippen molar-refractivity contribution in [3.8, 4) is 16.9 Å². The predicted molar refractivity (Wildman–Crippen MR) is 122 cm³/mol. The molecule has 0 aliphatic carbocycles. The molecule has 0 atom stereocenters. The van der Waals surface area contributed by atoms with Crippen molar-refractivity contribution in [3.05, 3.63) is 69.3 Å². The second-order valence-electron chi connectivity index (χ2n) is 7.20. The van der Waals surface area contributed by atoms with Crippen molar-refractivity contribution in [3.63, 3.8) is 0 Å². The molecule has 9 heteroatoms. The maximum Gasteiger partial charge on any atom is 0.272 e. The number of carbonyl (C=O) groups is 2. The van der Waals surface area contributed by atoms with Crippen LogP contribution in [0.5, 0.6) is 0 Å². The van der Waals surface area contributed by atoms with E-state index < -0.39 is 0 Å². The van der Waals surface area contributed by atoms with Crippen molar-refractivity contribution in [1.82, 2.24) is 19.6 Å². The average Bonchev–Trinajstić information content (AvgIpc) is 3.20. The summed E-state index contributed by atoms with van der Waals surface area (Å²) in [6.45, 7) is 3.43. The molecule has 0 radical (unpaired) electrons. The number of carbonyl (C=O) groups excluding carboxylic acids is 2. The Morgan fingerprint density at radius 1 is 0.839 bits per heavy atom. The summed E-state index contributed by atoms with van der Waals surface area (Å²) >= 11 is 18.6. The van der Waals surface area contributed by atoms with Crippen molar-refractivity contribution < 1.29 is 9.59 Å². The minimum atomic E-state index is -0.180. The topological polar surface area (TPSA) is 58.4 Å². The molecule has 0 unspecified atom stereocenters. The van der Waals surface area contributed by atoms with Gasteiger partial charge in [0, 0.05) is 38.7 Å². The number of aromatic nitrogens is 2. The summed E-state index contributed by atoms with van der Waals surface area (Å²) in [5, 5.41) is 5.97. The van der Waals surface area contributed by atoms with Crippen LogP contribution < -0.4 is 0 Å². The third-order valence-corrected chi connectivity index (χ3v) is 6.31. The lowest BCUT2D eigenvalue weighted by Crippen LogP contribution is -2.50. The van der Waals surface area contributed by atoms with Crippen molar-refractivity contribution in [2.24, 2.45) is 0 Å². The highest BCUT2D eigenvalue weighted by atomic mass is 35.5. The van der Waals surface area contributed by atoms with Gasteiger partial charge in [-0.3, -0.25) is 9.59 Å². The van der Waals surface area contributed by atoms with E-state index in [1.165, 1.54) is 6.92 Å². The first-order chi connectivity index (χ1) is 14.8. The Labute approximate surface area is 194 Å². The Morgan fingerprint density at radius 2 is 1.52 bits per heavy atom. The summed E-state index contributed by atoms with van der Waals surface area (Å²) < 4.78 is 1.56. The Hall–Kier alpha value is -2.54.